The molecular weight excluding hydrogens is 382 g/mol. The zero-order valence-corrected chi connectivity index (χ0v) is 17.0. The molecular formula is C23H21N3O4. The summed E-state index contributed by atoms with van der Waals surface area (Å²) < 4.78 is 15.9. The predicted molar refractivity (Wildman–Crippen MR) is 113 cm³/mol. The summed E-state index contributed by atoms with van der Waals surface area (Å²) >= 11 is 0. The van der Waals surface area contributed by atoms with Crippen molar-refractivity contribution in [2.45, 2.75) is 6.54 Å². The van der Waals surface area contributed by atoms with Gasteiger partial charge < -0.3 is 18.9 Å². The van der Waals surface area contributed by atoms with E-state index in [9.17, 15) is 4.79 Å². The van der Waals surface area contributed by atoms with Crippen molar-refractivity contribution in [2.24, 2.45) is 0 Å². The van der Waals surface area contributed by atoms with Crippen LogP contribution in [0, 0.1) is 0 Å². The molecule has 0 atom stereocenters. The standard InChI is InChI=1S/C23H21N3O4/c1-26(23(27)18-10-6-8-15-7-4-5-9-17(15)18)14-21-24-22(25-30-21)16-11-12-19(28-2)20(13-16)29-3/h4-13H,14H2,1-3H3. The summed E-state index contributed by atoms with van der Waals surface area (Å²) in [5.41, 5.74) is 1.36. The third-order valence-corrected chi connectivity index (χ3v) is 4.85. The first-order chi connectivity index (χ1) is 14.6. The summed E-state index contributed by atoms with van der Waals surface area (Å²) in [7, 11) is 4.86. The van der Waals surface area contributed by atoms with Gasteiger partial charge in [-0.2, -0.15) is 4.98 Å². The Morgan fingerprint density at radius 2 is 1.77 bits per heavy atom. The minimum absolute atomic E-state index is 0.113. The second-order valence-electron chi connectivity index (χ2n) is 6.77. The average molecular weight is 403 g/mol. The number of benzene rings is 3. The average Bonchev–Trinajstić information content (AvgIpc) is 3.26. The highest BCUT2D eigenvalue weighted by Gasteiger charge is 2.18. The van der Waals surface area contributed by atoms with Gasteiger partial charge >= 0.3 is 0 Å². The van der Waals surface area contributed by atoms with Crippen LogP contribution < -0.4 is 9.47 Å². The van der Waals surface area contributed by atoms with Gasteiger partial charge in [0.15, 0.2) is 11.5 Å². The molecule has 0 bridgehead atoms. The number of aromatic nitrogens is 2. The van der Waals surface area contributed by atoms with Gasteiger partial charge in [0.2, 0.25) is 11.7 Å². The number of carbonyl (C=O) groups is 1. The molecule has 0 saturated carbocycles. The zero-order valence-electron chi connectivity index (χ0n) is 17.0. The Morgan fingerprint density at radius 1 is 1.00 bits per heavy atom. The van der Waals surface area contributed by atoms with E-state index in [4.69, 9.17) is 14.0 Å². The predicted octanol–water partition coefficient (Wildman–Crippen LogP) is 4.18. The van der Waals surface area contributed by atoms with E-state index in [0.717, 1.165) is 16.3 Å². The molecule has 1 heterocycles. The Labute approximate surface area is 173 Å². The van der Waals surface area contributed by atoms with Gasteiger partial charge in [-0.25, -0.2) is 0 Å². The van der Waals surface area contributed by atoms with E-state index in [1.807, 2.05) is 48.5 Å². The van der Waals surface area contributed by atoms with Crippen LogP contribution in [0.25, 0.3) is 22.2 Å². The molecule has 7 nitrogen and oxygen atoms in total. The molecule has 0 saturated heterocycles. The highest BCUT2D eigenvalue weighted by Crippen LogP contribution is 2.31. The Morgan fingerprint density at radius 3 is 2.57 bits per heavy atom. The van der Waals surface area contributed by atoms with Crippen molar-refractivity contribution in [3.63, 3.8) is 0 Å². The van der Waals surface area contributed by atoms with E-state index in [1.165, 1.54) is 0 Å². The first kappa shape index (κ1) is 19.4. The maximum absolute atomic E-state index is 13.0. The smallest absolute Gasteiger partial charge is 0.254 e. The molecule has 152 valence electrons. The van der Waals surface area contributed by atoms with Crippen molar-refractivity contribution in [3.05, 3.63) is 72.1 Å². The van der Waals surface area contributed by atoms with Crippen LogP contribution in [-0.2, 0) is 6.54 Å². The molecule has 4 rings (SSSR count). The van der Waals surface area contributed by atoms with Crippen molar-refractivity contribution < 1.29 is 18.8 Å². The molecule has 3 aromatic carbocycles. The lowest BCUT2D eigenvalue weighted by atomic mass is 10.0. The minimum Gasteiger partial charge on any atom is -0.493 e. The topological polar surface area (TPSA) is 77.7 Å². The molecule has 0 aliphatic heterocycles. The highest BCUT2D eigenvalue weighted by atomic mass is 16.5. The molecule has 0 spiro atoms. The fourth-order valence-corrected chi connectivity index (χ4v) is 3.30. The number of ether oxygens (including phenoxy) is 2. The lowest BCUT2D eigenvalue weighted by molar-refractivity contribution is 0.0771. The molecule has 7 heteroatoms. The van der Waals surface area contributed by atoms with E-state index < -0.39 is 0 Å². The Hall–Kier alpha value is -3.87. The molecule has 0 aliphatic rings. The number of hydrogen-bond donors (Lipinski definition) is 0. The number of hydrogen-bond acceptors (Lipinski definition) is 6. The largest absolute Gasteiger partial charge is 0.493 e. The number of nitrogens with zero attached hydrogens (tertiary/aromatic N) is 3. The monoisotopic (exact) mass is 403 g/mol. The van der Waals surface area contributed by atoms with Gasteiger partial charge in [0.25, 0.3) is 5.91 Å². The molecule has 0 aliphatic carbocycles. The number of carbonyl (C=O) groups excluding carboxylic acids is 1. The van der Waals surface area contributed by atoms with Crippen LogP contribution in [0.3, 0.4) is 0 Å². The number of amides is 1. The normalized spacial score (nSPS) is 10.8. The van der Waals surface area contributed by atoms with Crippen LogP contribution >= 0.6 is 0 Å². The van der Waals surface area contributed by atoms with Crippen molar-refractivity contribution in [1.82, 2.24) is 15.0 Å². The molecule has 1 aromatic heterocycles. The third-order valence-electron chi connectivity index (χ3n) is 4.85. The van der Waals surface area contributed by atoms with Crippen LogP contribution in [-0.4, -0.2) is 42.2 Å². The van der Waals surface area contributed by atoms with E-state index in [-0.39, 0.29) is 12.5 Å². The Kier molecular flexibility index (Phi) is 5.34. The number of methoxy groups -OCH3 is 2. The summed E-state index contributed by atoms with van der Waals surface area (Å²) in [6, 6.07) is 18.9. The SMILES string of the molecule is COc1ccc(-c2noc(CN(C)C(=O)c3cccc4ccccc34)n2)cc1OC. The Bertz CT molecular complexity index is 1200. The van der Waals surface area contributed by atoms with E-state index in [0.29, 0.717) is 28.8 Å². The van der Waals surface area contributed by atoms with Crippen molar-refractivity contribution in [1.29, 1.82) is 0 Å². The van der Waals surface area contributed by atoms with Gasteiger partial charge in [0.05, 0.1) is 20.8 Å². The van der Waals surface area contributed by atoms with Gasteiger partial charge in [0, 0.05) is 18.2 Å². The van der Waals surface area contributed by atoms with Crippen LogP contribution in [0.1, 0.15) is 16.2 Å². The number of fused-ring (bicyclic) bond motifs is 1. The maximum Gasteiger partial charge on any atom is 0.254 e. The minimum atomic E-state index is -0.113. The van der Waals surface area contributed by atoms with Gasteiger partial charge in [0.1, 0.15) is 0 Å². The van der Waals surface area contributed by atoms with Crippen molar-refractivity contribution in [3.8, 4) is 22.9 Å². The van der Waals surface area contributed by atoms with E-state index in [1.54, 1.807) is 38.3 Å². The molecule has 4 aromatic rings. The summed E-state index contributed by atoms with van der Waals surface area (Å²) in [6.07, 6.45) is 0. The Balaban J connectivity index is 1.54. The van der Waals surface area contributed by atoms with Crippen LogP contribution in [0.2, 0.25) is 0 Å². The third kappa shape index (κ3) is 3.69. The first-order valence-electron chi connectivity index (χ1n) is 9.39. The molecule has 0 fully saturated rings. The quantitative estimate of drug-likeness (QED) is 0.481. The summed E-state index contributed by atoms with van der Waals surface area (Å²) in [5, 5.41) is 5.96. The van der Waals surface area contributed by atoms with Crippen molar-refractivity contribution in [2.75, 3.05) is 21.3 Å². The molecule has 0 radical (unpaired) electrons. The lowest BCUT2D eigenvalue weighted by Gasteiger charge is -2.16. The maximum atomic E-state index is 13.0. The van der Waals surface area contributed by atoms with Gasteiger partial charge in [-0.1, -0.05) is 41.6 Å². The van der Waals surface area contributed by atoms with Crippen LogP contribution in [0.15, 0.2) is 65.2 Å². The first-order valence-corrected chi connectivity index (χ1v) is 9.39. The summed E-state index contributed by atoms with van der Waals surface area (Å²) in [4.78, 5) is 19.0. The summed E-state index contributed by atoms with van der Waals surface area (Å²) in [6.45, 7) is 0.197. The van der Waals surface area contributed by atoms with Crippen LogP contribution in [0.5, 0.6) is 11.5 Å². The van der Waals surface area contributed by atoms with E-state index >= 15 is 0 Å². The zero-order chi connectivity index (χ0) is 21.1. The fourth-order valence-electron chi connectivity index (χ4n) is 3.30. The molecule has 30 heavy (non-hydrogen) atoms. The second-order valence-corrected chi connectivity index (χ2v) is 6.77. The van der Waals surface area contributed by atoms with Crippen LogP contribution in [0.4, 0.5) is 0 Å². The van der Waals surface area contributed by atoms with Crippen molar-refractivity contribution >= 4 is 16.7 Å². The number of rotatable bonds is 6. The highest BCUT2D eigenvalue weighted by molar-refractivity contribution is 6.06. The fraction of sp³-hybridized carbons (Fsp3) is 0.174. The lowest BCUT2D eigenvalue weighted by Crippen LogP contribution is -2.26. The summed E-state index contributed by atoms with van der Waals surface area (Å²) in [5.74, 6) is 1.83. The molecule has 0 N–H and O–H groups in total. The molecule has 1 amide bonds. The van der Waals surface area contributed by atoms with Gasteiger partial charge in [-0.15, -0.1) is 0 Å². The van der Waals surface area contributed by atoms with E-state index in [2.05, 4.69) is 10.1 Å². The van der Waals surface area contributed by atoms with Gasteiger partial charge in [-0.05, 0) is 35.0 Å². The second kappa shape index (κ2) is 8.24. The van der Waals surface area contributed by atoms with Gasteiger partial charge in [-0.3, -0.25) is 4.79 Å². The molecule has 0 unspecified atom stereocenters.